The van der Waals surface area contributed by atoms with E-state index >= 15 is 0 Å². The van der Waals surface area contributed by atoms with Crippen molar-refractivity contribution in [1.82, 2.24) is 4.72 Å². The quantitative estimate of drug-likeness (QED) is 0.610. The van der Waals surface area contributed by atoms with Gasteiger partial charge in [-0.1, -0.05) is 0 Å². The number of sulfonamides is 1. The van der Waals surface area contributed by atoms with Gasteiger partial charge in [0.2, 0.25) is 10.0 Å². The van der Waals surface area contributed by atoms with Crippen LogP contribution in [-0.2, 0) is 10.0 Å². The van der Waals surface area contributed by atoms with Gasteiger partial charge in [0.25, 0.3) is 0 Å². The third kappa shape index (κ3) is 3.49. The molecule has 116 valence electrons. The van der Waals surface area contributed by atoms with Crippen LogP contribution in [0.4, 0.5) is 5.69 Å². The summed E-state index contributed by atoms with van der Waals surface area (Å²) in [6, 6.07) is 3.63. The lowest BCUT2D eigenvalue weighted by Gasteiger charge is -2.14. The molecule has 9 heteroatoms. The Morgan fingerprint density at radius 2 is 2.14 bits per heavy atom. The zero-order valence-electron chi connectivity index (χ0n) is 11.5. The van der Waals surface area contributed by atoms with Crippen molar-refractivity contribution < 1.29 is 18.1 Å². The molecule has 2 atom stereocenters. The summed E-state index contributed by atoms with van der Waals surface area (Å²) in [7, 11) is -2.50. The predicted molar refractivity (Wildman–Crippen MR) is 75.6 cm³/mol. The van der Waals surface area contributed by atoms with Crippen LogP contribution in [0.15, 0.2) is 23.1 Å². The third-order valence-corrected chi connectivity index (χ3v) is 4.84. The first-order valence-electron chi connectivity index (χ1n) is 6.47. The van der Waals surface area contributed by atoms with Crippen LogP contribution in [0.3, 0.4) is 0 Å². The van der Waals surface area contributed by atoms with Crippen LogP contribution in [-0.4, -0.2) is 32.5 Å². The van der Waals surface area contributed by atoms with Crippen molar-refractivity contribution in [3.05, 3.63) is 28.3 Å². The maximum atomic E-state index is 11.7. The van der Waals surface area contributed by atoms with Crippen LogP contribution in [0.1, 0.15) is 19.3 Å². The smallest absolute Gasteiger partial charge is 0.312 e. The van der Waals surface area contributed by atoms with E-state index in [2.05, 4.69) is 4.72 Å². The molecule has 1 aliphatic carbocycles. The van der Waals surface area contributed by atoms with Crippen molar-refractivity contribution in [3.63, 3.8) is 0 Å². The summed E-state index contributed by atoms with van der Waals surface area (Å²) in [5.41, 5.74) is 5.41. The average molecular weight is 315 g/mol. The first-order chi connectivity index (χ1) is 9.83. The molecule has 1 aromatic rings. The van der Waals surface area contributed by atoms with Gasteiger partial charge in [-0.3, -0.25) is 10.1 Å². The first-order valence-corrected chi connectivity index (χ1v) is 7.96. The molecule has 1 fully saturated rings. The van der Waals surface area contributed by atoms with Crippen LogP contribution in [0.25, 0.3) is 0 Å². The minimum Gasteiger partial charge on any atom is -0.483 e. The summed E-state index contributed by atoms with van der Waals surface area (Å²) >= 11 is 0. The Labute approximate surface area is 122 Å². The Hall–Kier alpha value is -1.71. The molecule has 21 heavy (non-hydrogen) atoms. The molecule has 1 saturated carbocycles. The van der Waals surface area contributed by atoms with Crippen molar-refractivity contribution in [1.29, 1.82) is 0 Å². The molecule has 0 bridgehead atoms. The van der Waals surface area contributed by atoms with Gasteiger partial charge in [-0.15, -0.1) is 0 Å². The van der Waals surface area contributed by atoms with Gasteiger partial charge in [0.15, 0.2) is 5.75 Å². The normalized spacial score (nSPS) is 22.2. The Kier molecular flexibility index (Phi) is 4.45. The van der Waals surface area contributed by atoms with Gasteiger partial charge in [-0.05, 0) is 38.4 Å². The molecule has 0 radical (unpaired) electrons. The maximum absolute atomic E-state index is 11.7. The van der Waals surface area contributed by atoms with Gasteiger partial charge in [0.05, 0.1) is 9.82 Å². The molecule has 1 aliphatic rings. The highest BCUT2D eigenvalue weighted by Gasteiger charge is 2.27. The molecular weight excluding hydrogens is 298 g/mol. The monoisotopic (exact) mass is 315 g/mol. The average Bonchev–Trinajstić information content (AvgIpc) is 2.84. The molecule has 0 spiro atoms. The van der Waals surface area contributed by atoms with E-state index in [1.165, 1.54) is 19.2 Å². The maximum Gasteiger partial charge on any atom is 0.312 e. The number of nitrogens with two attached hydrogens (primary N) is 1. The number of nitro groups is 1. The summed E-state index contributed by atoms with van der Waals surface area (Å²) in [5.74, 6) is 0.0640. The molecule has 1 aromatic carbocycles. The number of nitrogens with one attached hydrogen (secondary N) is 1. The molecule has 0 amide bonds. The summed E-state index contributed by atoms with van der Waals surface area (Å²) in [5, 5.41) is 11.1. The molecule has 2 rings (SSSR count). The number of nitro benzene ring substituents is 1. The van der Waals surface area contributed by atoms with Crippen LogP contribution < -0.4 is 15.2 Å². The largest absolute Gasteiger partial charge is 0.483 e. The van der Waals surface area contributed by atoms with Gasteiger partial charge in [0, 0.05) is 12.1 Å². The minimum absolute atomic E-state index is 0.0398. The molecule has 0 aliphatic heterocycles. The Morgan fingerprint density at radius 1 is 1.43 bits per heavy atom. The number of rotatable bonds is 5. The Bertz CT molecular complexity index is 646. The molecule has 2 unspecified atom stereocenters. The number of ether oxygens (including phenoxy) is 1. The van der Waals surface area contributed by atoms with E-state index in [0.717, 1.165) is 18.9 Å². The fourth-order valence-electron chi connectivity index (χ4n) is 2.28. The highest BCUT2D eigenvalue weighted by Crippen LogP contribution is 2.33. The zero-order valence-corrected chi connectivity index (χ0v) is 12.3. The number of nitrogens with zero attached hydrogens (tertiary/aromatic N) is 1. The summed E-state index contributed by atoms with van der Waals surface area (Å²) in [6.45, 7) is 0. The number of hydrogen-bond donors (Lipinski definition) is 2. The van der Waals surface area contributed by atoms with Crippen LogP contribution in [0.2, 0.25) is 0 Å². The highest BCUT2D eigenvalue weighted by atomic mass is 32.2. The van der Waals surface area contributed by atoms with Crippen molar-refractivity contribution in [2.24, 2.45) is 5.73 Å². The Morgan fingerprint density at radius 3 is 2.67 bits per heavy atom. The number of hydrogen-bond acceptors (Lipinski definition) is 6. The van der Waals surface area contributed by atoms with Crippen LogP contribution in [0, 0.1) is 10.1 Å². The SMILES string of the molecule is CNS(=O)(=O)c1ccc(OC2CCC(N)C2)c([N+](=O)[O-])c1. The summed E-state index contributed by atoms with van der Waals surface area (Å²) in [6.07, 6.45) is 2.00. The zero-order chi connectivity index (χ0) is 15.6. The lowest BCUT2D eigenvalue weighted by Crippen LogP contribution is -2.20. The van der Waals surface area contributed by atoms with E-state index in [1.807, 2.05) is 0 Å². The second-order valence-corrected chi connectivity index (χ2v) is 6.79. The van der Waals surface area contributed by atoms with E-state index < -0.39 is 14.9 Å². The van der Waals surface area contributed by atoms with Crippen molar-refractivity contribution >= 4 is 15.7 Å². The topological polar surface area (TPSA) is 125 Å². The molecule has 3 N–H and O–H groups in total. The van der Waals surface area contributed by atoms with E-state index in [4.69, 9.17) is 10.5 Å². The summed E-state index contributed by atoms with van der Waals surface area (Å²) in [4.78, 5) is 10.3. The highest BCUT2D eigenvalue weighted by molar-refractivity contribution is 7.89. The predicted octanol–water partition coefficient (Wildman–Crippen LogP) is 0.762. The lowest BCUT2D eigenvalue weighted by atomic mass is 10.2. The van der Waals surface area contributed by atoms with E-state index in [1.54, 1.807) is 0 Å². The van der Waals surface area contributed by atoms with E-state index in [9.17, 15) is 18.5 Å². The Balaban J connectivity index is 2.32. The fourth-order valence-corrected chi connectivity index (χ4v) is 3.03. The standard InChI is InChI=1S/C12H17N3O5S/c1-14-21(18,19)10-4-5-12(11(7-10)15(16)17)20-9-3-2-8(13)6-9/h4-5,7-9,14H,2-3,6,13H2,1H3. The van der Waals surface area contributed by atoms with Gasteiger partial charge < -0.3 is 10.5 Å². The fraction of sp³-hybridized carbons (Fsp3) is 0.500. The molecule has 0 saturated heterocycles. The summed E-state index contributed by atoms with van der Waals surface area (Å²) < 4.78 is 31.1. The van der Waals surface area contributed by atoms with Crippen molar-refractivity contribution in [3.8, 4) is 5.75 Å². The first kappa shape index (κ1) is 15.7. The van der Waals surface area contributed by atoms with Gasteiger partial charge in [-0.25, -0.2) is 13.1 Å². The number of benzene rings is 1. The van der Waals surface area contributed by atoms with Gasteiger partial charge in [-0.2, -0.15) is 0 Å². The lowest BCUT2D eigenvalue weighted by molar-refractivity contribution is -0.386. The van der Waals surface area contributed by atoms with E-state index in [0.29, 0.717) is 6.42 Å². The molecular formula is C12H17N3O5S. The third-order valence-electron chi connectivity index (χ3n) is 3.42. The van der Waals surface area contributed by atoms with Gasteiger partial charge >= 0.3 is 5.69 Å². The van der Waals surface area contributed by atoms with Crippen molar-refractivity contribution in [2.45, 2.75) is 36.3 Å². The van der Waals surface area contributed by atoms with Crippen LogP contribution >= 0.6 is 0 Å². The van der Waals surface area contributed by atoms with Crippen LogP contribution in [0.5, 0.6) is 5.75 Å². The molecule has 0 aromatic heterocycles. The van der Waals surface area contributed by atoms with Crippen molar-refractivity contribution in [2.75, 3.05) is 7.05 Å². The second kappa shape index (κ2) is 5.96. The molecule has 8 nitrogen and oxygen atoms in total. The van der Waals surface area contributed by atoms with Gasteiger partial charge in [0.1, 0.15) is 6.10 Å². The molecule has 0 heterocycles. The minimum atomic E-state index is -3.74. The second-order valence-electron chi connectivity index (χ2n) is 4.91. The van der Waals surface area contributed by atoms with E-state index in [-0.39, 0.29) is 28.5 Å².